The van der Waals surface area contributed by atoms with Crippen LogP contribution in [0, 0.1) is 11.6 Å². The summed E-state index contributed by atoms with van der Waals surface area (Å²) in [6, 6.07) is 7.06. The maximum atomic E-state index is 13.8. The summed E-state index contributed by atoms with van der Waals surface area (Å²) in [5.74, 6) is -1.84. The van der Waals surface area contributed by atoms with Crippen molar-refractivity contribution >= 4 is 27.3 Å². The van der Waals surface area contributed by atoms with Gasteiger partial charge in [-0.15, -0.1) is 0 Å². The van der Waals surface area contributed by atoms with E-state index in [2.05, 4.69) is 4.72 Å². The molecule has 1 aliphatic heterocycles. The Morgan fingerprint density at radius 2 is 1.88 bits per heavy atom. The summed E-state index contributed by atoms with van der Waals surface area (Å²) >= 11 is 0. The van der Waals surface area contributed by atoms with Gasteiger partial charge in [-0.1, -0.05) is 6.92 Å². The summed E-state index contributed by atoms with van der Waals surface area (Å²) in [5.41, 5.74) is 1.82. The highest BCUT2D eigenvalue weighted by molar-refractivity contribution is 7.92. The molecule has 8 heteroatoms. The van der Waals surface area contributed by atoms with Gasteiger partial charge in [0.15, 0.2) is 0 Å². The number of carbonyl (C=O) groups excluding carboxylic acids is 1. The maximum absolute atomic E-state index is 13.8. The minimum absolute atomic E-state index is 0.0366. The predicted octanol–water partition coefficient (Wildman–Crippen LogP) is 3.45. The smallest absolute Gasteiger partial charge is 0.264 e. The molecular formula is C18H18F2N2O3S. The van der Waals surface area contributed by atoms with Gasteiger partial charge in [0.05, 0.1) is 0 Å². The Kier molecular flexibility index (Phi) is 4.95. The van der Waals surface area contributed by atoms with Crippen LogP contribution in [0.3, 0.4) is 0 Å². The van der Waals surface area contributed by atoms with Gasteiger partial charge in [-0.05, 0) is 54.8 Å². The zero-order valence-electron chi connectivity index (χ0n) is 14.1. The van der Waals surface area contributed by atoms with Gasteiger partial charge in [0.1, 0.15) is 16.5 Å². The fraction of sp³-hybridized carbons (Fsp3) is 0.278. The van der Waals surface area contributed by atoms with E-state index in [1.807, 2.05) is 6.92 Å². The molecule has 1 heterocycles. The van der Waals surface area contributed by atoms with Gasteiger partial charge in [0.2, 0.25) is 5.91 Å². The monoisotopic (exact) mass is 380 g/mol. The zero-order valence-corrected chi connectivity index (χ0v) is 14.9. The Morgan fingerprint density at radius 1 is 1.12 bits per heavy atom. The highest BCUT2D eigenvalue weighted by Crippen LogP contribution is 2.31. The lowest BCUT2D eigenvalue weighted by Gasteiger charge is -2.29. The molecule has 2 aromatic carbocycles. The number of benzene rings is 2. The van der Waals surface area contributed by atoms with E-state index in [9.17, 15) is 22.0 Å². The van der Waals surface area contributed by atoms with Gasteiger partial charge in [-0.3, -0.25) is 9.52 Å². The number of halogens is 2. The number of fused-ring (bicyclic) bond motifs is 1. The lowest BCUT2D eigenvalue weighted by molar-refractivity contribution is -0.118. The van der Waals surface area contributed by atoms with E-state index in [0.29, 0.717) is 25.5 Å². The van der Waals surface area contributed by atoms with Crippen LogP contribution in [0.5, 0.6) is 0 Å². The second-order valence-electron chi connectivity index (χ2n) is 6.07. The minimum atomic E-state index is -4.27. The molecule has 0 atom stereocenters. The molecule has 1 amide bonds. The fourth-order valence-electron chi connectivity index (χ4n) is 2.99. The average molecular weight is 380 g/mol. The van der Waals surface area contributed by atoms with Gasteiger partial charge in [0, 0.05) is 24.3 Å². The van der Waals surface area contributed by atoms with Crippen LogP contribution in [0.25, 0.3) is 0 Å². The molecule has 138 valence electrons. The van der Waals surface area contributed by atoms with E-state index in [1.165, 1.54) is 6.07 Å². The quantitative estimate of drug-likeness (QED) is 0.864. The number of amides is 1. The molecule has 0 unspecified atom stereocenters. The molecule has 0 bridgehead atoms. The van der Waals surface area contributed by atoms with Crippen LogP contribution in [-0.2, 0) is 21.2 Å². The van der Waals surface area contributed by atoms with Gasteiger partial charge < -0.3 is 4.90 Å². The third kappa shape index (κ3) is 3.55. The number of sulfonamides is 1. The third-order valence-electron chi connectivity index (χ3n) is 4.16. The van der Waals surface area contributed by atoms with E-state index in [1.54, 1.807) is 17.0 Å². The topological polar surface area (TPSA) is 66.5 Å². The maximum Gasteiger partial charge on any atom is 0.264 e. The average Bonchev–Trinajstić information content (AvgIpc) is 2.59. The van der Waals surface area contributed by atoms with Crippen molar-refractivity contribution in [3.05, 3.63) is 53.6 Å². The van der Waals surface area contributed by atoms with E-state index < -0.39 is 26.6 Å². The fourth-order valence-corrected chi connectivity index (χ4v) is 4.13. The van der Waals surface area contributed by atoms with Crippen molar-refractivity contribution in [1.29, 1.82) is 0 Å². The van der Waals surface area contributed by atoms with Crippen LogP contribution in [0.1, 0.15) is 25.3 Å². The Labute approximate surface area is 150 Å². The van der Waals surface area contributed by atoms with Gasteiger partial charge >= 0.3 is 0 Å². The second kappa shape index (κ2) is 7.03. The lowest BCUT2D eigenvalue weighted by atomic mass is 10.0. The summed E-state index contributed by atoms with van der Waals surface area (Å²) in [5, 5.41) is 0. The van der Waals surface area contributed by atoms with Gasteiger partial charge in [0.25, 0.3) is 10.0 Å². The summed E-state index contributed by atoms with van der Waals surface area (Å²) < 4.78 is 54.1. The molecule has 0 fully saturated rings. The summed E-state index contributed by atoms with van der Waals surface area (Å²) in [4.78, 5) is 13.0. The Morgan fingerprint density at radius 3 is 2.62 bits per heavy atom. The minimum Gasteiger partial charge on any atom is -0.312 e. The Bertz CT molecular complexity index is 961. The Balaban J connectivity index is 1.92. The summed E-state index contributed by atoms with van der Waals surface area (Å²) in [7, 11) is -4.27. The molecule has 0 saturated carbocycles. The first kappa shape index (κ1) is 18.3. The van der Waals surface area contributed by atoms with Crippen molar-refractivity contribution in [2.45, 2.75) is 31.1 Å². The summed E-state index contributed by atoms with van der Waals surface area (Å²) in [6.45, 7) is 2.56. The van der Waals surface area contributed by atoms with Crippen LogP contribution in [-0.4, -0.2) is 20.9 Å². The van der Waals surface area contributed by atoms with Crippen LogP contribution in [0.2, 0.25) is 0 Å². The molecule has 0 saturated heterocycles. The predicted molar refractivity (Wildman–Crippen MR) is 94.6 cm³/mol. The lowest BCUT2D eigenvalue weighted by Crippen LogP contribution is -2.35. The van der Waals surface area contributed by atoms with Gasteiger partial charge in [-0.2, -0.15) is 0 Å². The number of carbonyl (C=O) groups is 1. The molecular weight excluding hydrogens is 362 g/mol. The first-order valence-corrected chi connectivity index (χ1v) is 9.71. The largest absolute Gasteiger partial charge is 0.312 e. The van der Waals surface area contributed by atoms with E-state index >= 15 is 0 Å². The SMILES string of the molecule is CCCN1C(=O)CCc2cc(NS(=O)(=O)c3cc(F)ccc3F)ccc21. The standard InChI is InChI=1S/C18H18F2N2O3S/c1-2-9-22-16-7-5-14(10-12(16)3-8-18(22)23)21-26(24,25)17-11-13(19)4-6-15(17)20/h4-7,10-11,21H,2-3,8-9H2,1H3. The van der Waals surface area contributed by atoms with Crippen LogP contribution < -0.4 is 9.62 Å². The zero-order chi connectivity index (χ0) is 18.9. The van der Waals surface area contributed by atoms with Crippen molar-refractivity contribution < 1.29 is 22.0 Å². The van der Waals surface area contributed by atoms with Crippen molar-refractivity contribution in [2.24, 2.45) is 0 Å². The molecule has 0 aromatic heterocycles. The van der Waals surface area contributed by atoms with E-state index in [-0.39, 0.29) is 11.6 Å². The molecule has 3 rings (SSSR count). The molecule has 0 spiro atoms. The second-order valence-corrected chi connectivity index (χ2v) is 7.72. The number of hydrogen-bond acceptors (Lipinski definition) is 3. The van der Waals surface area contributed by atoms with E-state index in [0.717, 1.165) is 29.8 Å². The highest BCUT2D eigenvalue weighted by atomic mass is 32.2. The number of hydrogen-bond donors (Lipinski definition) is 1. The van der Waals surface area contributed by atoms with Gasteiger partial charge in [-0.25, -0.2) is 17.2 Å². The normalized spacial score (nSPS) is 14.3. The van der Waals surface area contributed by atoms with Crippen molar-refractivity contribution in [2.75, 3.05) is 16.2 Å². The number of anilines is 2. The van der Waals surface area contributed by atoms with Crippen molar-refractivity contribution in [1.82, 2.24) is 0 Å². The molecule has 5 nitrogen and oxygen atoms in total. The number of nitrogens with one attached hydrogen (secondary N) is 1. The van der Waals surface area contributed by atoms with Crippen LogP contribution in [0.15, 0.2) is 41.3 Å². The first-order valence-electron chi connectivity index (χ1n) is 8.23. The summed E-state index contributed by atoms with van der Waals surface area (Å²) in [6.07, 6.45) is 1.65. The van der Waals surface area contributed by atoms with E-state index in [4.69, 9.17) is 0 Å². The van der Waals surface area contributed by atoms with Crippen molar-refractivity contribution in [3.8, 4) is 0 Å². The number of nitrogens with zero attached hydrogens (tertiary/aromatic N) is 1. The Hall–Kier alpha value is -2.48. The van der Waals surface area contributed by atoms with Crippen molar-refractivity contribution in [3.63, 3.8) is 0 Å². The highest BCUT2D eigenvalue weighted by Gasteiger charge is 2.25. The molecule has 1 aliphatic rings. The number of rotatable bonds is 5. The molecule has 2 aromatic rings. The molecule has 26 heavy (non-hydrogen) atoms. The molecule has 0 radical (unpaired) electrons. The van der Waals surface area contributed by atoms with Crippen LogP contribution in [0.4, 0.5) is 20.2 Å². The van der Waals surface area contributed by atoms with Crippen LogP contribution >= 0.6 is 0 Å². The molecule has 0 aliphatic carbocycles. The first-order chi connectivity index (χ1) is 12.3. The number of aryl methyl sites for hydroxylation is 1. The molecule has 1 N–H and O–H groups in total. The third-order valence-corrected chi connectivity index (χ3v) is 5.56.